The maximum Gasteiger partial charge on any atom is 0.404 e. The molecule has 0 aliphatic heterocycles. The summed E-state index contributed by atoms with van der Waals surface area (Å²) >= 11 is 1.74. The molecule has 0 saturated carbocycles. The molecule has 0 aliphatic rings. The number of hydrogen-bond donors (Lipinski definition) is 2. The van der Waals surface area contributed by atoms with Crippen molar-refractivity contribution in [1.82, 2.24) is 5.32 Å². The molecule has 0 unspecified atom stereocenters. The van der Waals surface area contributed by atoms with Gasteiger partial charge >= 0.3 is 6.09 Å². The Balaban J connectivity index is 1.85. The van der Waals surface area contributed by atoms with Crippen molar-refractivity contribution in [3.8, 4) is 0 Å². The minimum atomic E-state index is -0.729. The fraction of sp³-hybridized carbons (Fsp3) is 0.250. The molecule has 2 rings (SSSR count). The Bertz CT molecular complexity index is 510. The quantitative estimate of drug-likeness (QED) is 0.799. The average molecular weight is 250 g/mol. The van der Waals surface area contributed by atoms with Gasteiger partial charge in [-0.25, -0.2) is 4.79 Å². The highest BCUT2D eigenvalue weighted by atomic mass is 32.1. The van der Waals surface area contributed by atoms with Gasteiger partial charge in [-0.1, -0.05) is 18.2 Å². The van der Waals surface area contributed by atoms with Gasteiger partial charge in [0, 0.05) is 17.8 Å². The van der Waals surface area contributed by atoms with Crippen LogP contribution >= 0.6 is 11.3 Å². The number of fused-ring (bicyclic) bond motifs is 1. The first kappa shape index (κ1) is 11.9. The van der Waals surface area contributed by atoms with Gasteiger partial charge in [0.15, 0.2) is 0 Å². The van der Waals surface area contributed by atoms with Crippen LogP contribution in [0.2, 0.25) is 0 Å². The number of ether oxygens (including phenoxy) is 1. The van der Waals surface area contributed by atoms with Gasteiger partial charge < -0.3 is 15.8 Å². The summed E-state index contributed by atoms with van der Waals surface area (Å²) in [5, 5.41) is 6.63. The summed E-state index contributed by atoms with van der Waals surface area (Å²) in [6.07, 6.45) is -0.729. The van der Waals surface area contributed by atoms with Gasteiger partial charge in [-0.3, -0.25) is 0 Å². The SMILES string of the molecule is NC(=O)OCCNCc1csc2ccccc12. The molecule has 1 aromatic carbocycles. The second-order valence-electron chi connectivity index (χ2n) is 3.60. The smallest absolute Gasteiger partial charge is 0.404 e. The van der Waals surface area contributed by atoms with E-state index in [0.717, 1.165) is 6.54 Å². The van der Waals surface area contributed by atoms with Gasteiger partial charge in [0.25, 0.3) is 0 Å². The molecule has 0 saturated heterocycles. The Morgan fingerprint density at radius 3 is 3.06 bits per heavy atom. The van der Waals surface area contributed by atoms with E-state index in [1.807, 2.05) is 12.1 Å². The fourth-order valence-electron chi connectivity index (χ4n) is 1.62. The highest BCUT2D eigenvalue weighted by Gasteiger charge is 2.02. The predicted octanol–water partition coefficient (Wildman–Crippen LogP) is 2.09. The Morgan fingerprint density at radius 1 is 1.41 bits per heavy atom. The summed E-state index contributed by atoms with van der Waals surface area (Å²) in [7, 11) is 0. The summed E-state index contributed by atoms with van der Waals surface area (Å²) in [6.45, 7) is 1.68. The lowest BCUT2D eigenvalue weighted by molar-refractivity contribution is 0.157. The molecular formula is C12H14N2O2S. The van der Waals surface area contributed by atoms with Crippen molar-refractivity contribution in [3.63, 3.8) is 0 Å². The number of thiophene rings is 1. The summed E-state index contributed by atoms with van der Waals surface area (Å²) in [4.78, 5) is 10.3. The zero-order valence-electron chi connectivity index (χ0n) is 9.31. The van der Waals surface area contributed by atoms with Crippen LogP contribution in [0.4, 0.5) is 4.79 Å². The first-order valence-corrected chi connectivity index (χ1v) is 6.23. The molecule has 4 nitrogen and oxygen atoms in total. The molecule has 0 atom stereocenters. The Hall–Kier alpha value is -1.59. The van der Waals surface area contributed by atoms with E-state index in [1.165, 1.54) is 15.6 Å². The van der Waals surface area contributed by atoms with Crippen LogP contribution in [0.5, 0.6) is 0 Å². The van der Waals surface area contributed by atoms with Crippen LogP contribution in [0, 0.1) is 0 Å². The minimum Gasteiger partial charge on any atom is -0.448 e. The van der Waals surface area contributed by atoms with E-state index in [1.54, 1.807) is 11.3 Å². The fourth-order valence-corrected chi connectivity index (χ4v) is 2.58. The molecule has 0 aliphatic carbocycles. The van der Waals surface area contributed by atoms with Crippen LogP contribution in [-0.4, -0.2) is 19.2 Å². The molecule has 5 heteroatoms. The summed E-state index contributed by atoms with van der Waals surface area (Å²) in [5.41, 5.74) is 6.12. The van der Waals surface area contributed by atoms with Gasteiger partial charge in [-0.15, -0.1) is 11.3 Å². The van der Waals surface area contributed by atoms with Crippen LogP contribution in [-0.2, 0) is 11.3 Å². The van der Waals surface area contributed by atoms with E-state index in [-0.39, 0.29) is 0 Å². The number of nitrogens with two attached hydrogens (primary N) is 1. The Morgan fingerprint density at radius 2 is 2.24 bits per heavy atom. The third kappa shape index (κ3) is 3.18. The maximum absolute atomic E-state index is 10.3. The minimum absolute atomic E-state index is 0.303. The average Bonchev–Trinajstić information content (AvgIpc) is 2.72. The number of carbonyl (C=O) groups is 1. The van der Waals surface area contributed by atoms with Crippen LogP contribution in [0.1, 0.15) is 5.56 Å². The number of carbonyl (C=O) groups excluding carboxylic acids is 1. The largest absolute Gasteiger partial charge is 0.448 e. The van der Waals surface area contributed by atoms with E-state index < -0.39 is 6.09 Å². The molecule has 0 radical (unpaired) electrons. The van der Waals surface area contributed by atoms with Crippen LogP contribution in [0.25, 0.3) is 10.1 Å². The van der Waals surface area contributed by atoms with Crippen molar-refractivity contribution in [2.45, 2.75) is 6.54 Å². The summed E-state index contributed by atoms with van der Waals surface area (Å²) < 4.78 is 5.92. The van der Waals surface area contributed by atoms with Gasteiger partial charge in [0.1, 0.15) is 6.61 Å². The zero-order chi connectivity index (χ0) is 12.1. The first-order valence-electron chi connectivity index (χ1n) is 5.35. The molecule has 17 heavy (non-hydrogen) atoms. The lowest BCUT2D eigenvalue weighted by Crippen LogP contribution is -2.23. The molecule has 90 valence electrons. The number of primary amides is 1. The molecule has 3 N–H and O–H groups in total. The van der Waals surface area contributed by atoms with Crippen molar-refractivity contribution < 1.29 is 9.53 Å². The van der Waals surface area contributed by atoms with E-state index in [9.17, 15) is 4.79 Å². The van der Waals surface area contributed by atoms with E-state index in [4.69, 9.17) is 5.73 Å². The van der Waals surface area contributed by atoms with Crippen molar-refractivity contribution in [3.05, 3.63) is 35.2 Å². The Labute approximate surface area is 103 Å². The molecule has 0 fully saturated rings. The van der Waals surface area contributed by atoms with Gasteiger partial charge in [0.2, 0.25) is 0 Å². The number of nitrogens with one attached hydrogen (secondary N) is 1. The van der Waals surface area contributed by atoms with E-state index in [0.29, 0.717) is 13.2 Å². The topological polar surface area (TPSA) is 64.4 Å². The van der Waals surface area contributed by atoms with Crippen molar-refractivity contribution >= 4 is 27.5 Å². The molecule has 1 aromatic heterocycles. The lowest BCUT2D eigenvalue weighted by atomic mass is 10.2. The third-order valence-corrected chi connectivity index (χ3v) is 3.41. The standard InChI is InChI=1S/C12H14N2O2S/c13-12(15)16-6-5-14-7-9-8-17-11-4-2-1-3-10(9)11/h1-4,8,14H,5-7H2,(H2,13,15). The lowest BCUT2D eigenvalue weighted by Gasteiger charge is -2.04. The van der Waals surface area contributed by atoms with Crippen molar-refractivity contribution in [1.29, 1.82) is 0 Å². The first-order chi connectivity index (χ1) is 8.27. The second kappa shape index (κ2) is 5.65. The number of amides is 1. The predicted molar refractivity (Wildman–Crippen MR) is 69.1 cm³/mol. The number of hydrogen-bond acceptors (Lipinski definition) is 4. The molecular weight excluding hydrogens is 236 g/mol. The second-order valence-corrected chi connectivity index (χ2v) is 4.51. The maximum atomic E-state index is 10.3. The van der Waals surface area contributed by atoms with Crippen molar-refractivity contribution in [2.24, 2.45) is 5.73 Å². The summed E-state index contributed by atoms with van der Waals surface area (Å²) in [6, 6.07) is 8.30. The molecule has 1 heterocycles. The van der Waals surface area contributed by atoms with Crippen LogP contribution in [0.3, 0.4) is 0 Å². The zero-order valence-corrected chi connectivity index (χ0v) is 10.1. The van der Waals surface area contributed by atoms with Gasteiger partial charge in [-0.05, 0) is 22.4 Å². The third-order valence-electron chi connectivity index (χ3n) is 2.40. The molecule has 0 spiro atoms. The van der Waals surface area contributed by atoms with E-state index in [2.05, 4.69) is 27.6 Å². The van der Waals surface area contributed by atoms with Crippen LogP contribution < -0.4 is 11.1 Å². The monoisotopic (exact) mass is 250 g/mol. The van der Waals surface area contributed by atoms with E-state index >= 15 is 0 Å². The Kier molecular flexibility index (Phi) is 3.95. The number of rotatable bonds is 5. The van der Waals surface area contributed by atoms with Gasteiger partial charge in [-0.2, -0.15) is 0 Å². The molecule has 0 bridgehead atoms. The highest BCUT2D eigenvalue weighted by Crippen LogP contribution is 2.25. The van der Waals surface area contributed by atoms with Gasteiger partial charge in [0.05, 0.1) is 0 Å². The van der Waals surface area contributed by atoms with Crippen molar-refractivity contribution in [2.75, 3.05) is 13.2 Å². The molecule has 1 amide bonds. The normalized spacial score (nSPS) is 10.6. The number of benzene rings is 1. The van der Waals surface area contributed by atoms with Crippen LogP contribution in [0.15, 0.2) is 29.6 Å². The summed E-state index contributed by atoms with van der Waals surface area (Å²) in [5.74, 6) is 0. The highest BCUT2D eigenvalue weighted by molar-refractivity contribution is 7.17. The molecule has 2 aromatic rings.